The zero-order valence-electron chi connectivity index (χ0n) is 14.4. The zero-order valence-corrected chi connectivity index (χ0v) is 15.2. The van der Waals surface area contributed by atoms with Crippen LogP contribution in [0.4, 0.5) is 0 Å². The maximum absolute atomic E-state index is 12.9. The molecule has 0 aromatic carbocycles. The number of hydrogen-bond donors (Lipinski definition) is 2. The number of methoxy groups -OCH3 is 1. The Bertz CT molecular complexity index is 433. The molecule has 8 heteroatoms. The summed E-state index contributed by atoms with van der Waals surface area (Å²) in [7, 11) is 1.65. The van der Waals surface area contributed by atoms with Gasteiger partial charge in [0.25, 0.3) is 0 Å². The molecule has 2 rings (SSSR count). The van der Waals surface area contributed by atoms with Crippen molar-refractivity contribution in [2.24, 2.45) is 5.41 Å². The maximum Gasteiger partial charge on any atom is 0.234 e. The maximum atomic E-state index is 12.9. The van der Waals surface area contributed by atoms with E-state index >= 15 is 0 Å². The lowest BCUT2D eigenvalue weighted by molar-refractivity contribution is -0.146. The number of nitrogens with zero attached hydrogens (tertiary/aromatic N) is 2. The first-order valence-electron chi connectivity index (χ1n) is 8.20. The van der Waals surface area contributed by atoms with Crippen molar-refractivity contribution in [3.63, 3.8) is 0 Å². The molecule has 7 nitrogen and oxygen atoms in total. The second-order valence-corrected chi connectivity index (χ2v) is 6.30. The van der Waals surface area contributed by atoms with E-state index in [1.807, 2.05) is 4.90 Å². The van der Waals surface area contributed by atoms with Gasteiger partial charge in [0.1, 0.15) is 0 Å². The average molecular weight is 361 g/mol. The molecule has 138 valence electrons. The normalized spacial score (nSPS) is 24.3. The highest BCUT2D eigenvalue weighted by Gasteiger charge is 2.44. The van der Waals surface area contributed by atoms with Crippen LogP contribution in [0, 0.1) is 5.41 Å². The molecule has 2 amide bonds. The highest BCUT2D eigenvalue weighted by atomic mass is 35.5. The summed E-state index contributed by atoms with van der Waals surface area (Å²) < 4.78 is 5.29. The number of nitrogens with one attached hydrogen (secondary N) is 2. The van der Waals surface area contributed by atoms with Gasteiger partial charge in [-0.05, 0) is 13.0 Å². The molecule has 2 aliphatic rings. The van der Waals surface area contributed by atoms with Crippen LogP contribution in [0.25, 0.3) is 0 Å². The van der Waals surface area contributed by atoms with Crippen molar-refractivity contribution in [3.8, 4) is 0 Å². The topological polar surface area (TPSA) is 73.9 Å². The Morgan fingerprint density at radius 2 is 2.04 bits per heavy atom. The third-order valence-electron chi connectivity index (χ3n) is 4.59. The summed E-state index contributed by atoms with van der Waals surface area (Å²) in [6.45, 7) is 9.23. The van der Waals surface area contributed by atoms with Crippen molar-refractivity contribution in [1.82, 2.24) is 20.4 Å². The summed E-state index contributed by atoms with van der Waals surface area (Å²) in [5.41, 5.74) is -0.418. The lowest BCUT2D eigenvalue weighted by Gasteiger charge is -2.39. The Kier molecular flexibility index (Phi) is 8.69. The van der Waals surface area contributed by atoms with Crippen LogP contribution in [-0.2, 0) is 14.3 Å². The summed E-state index contributed by atoms with van der Waals surface area (Å²) in [5.74, 6) is 0.181. The molecule has 2 fully saturated rings. The Balaban J connectivity index is 0.00000288. The minimum Gasteiger partial charge on any atom is -0.384 e. The number of carbonyl (C=O) groups excluding carboxylic acids is 2. The number of rotatable bonds is 7. The van der Waals surface area contributed by atoms with Gasteiger partial charge in [0.2, 0.25) is 11.8 Å². The first-order chi connectivity index (χ1) is 11.1. The number of ether oxygens (including phenoxy) is 1. The lowest BCUT2D eigenvalue weighted by atomic mass is 9.86. The molecule has 1 atom stereocenters. The van der Waals surface area contributed by atoms with Crippen LogP contribution < -0.4 is 10.6 Å². The highest BCUT2D eigenvalue weighted by Crippen LogP contribution is 2.29. The van der Waals surface area contributed by atoms with E-state index in [-0.39, 0.29) is 24.2 Å². The minimum absolute atomic E-state index is 0. The number of piperazine rings is 1. The van der Waals surface area contributed by atoms with Gasteiger partial charge in [-0.1, -0.05) is 6.08 Å². The fraction of sp³-hybridized carbons (Fsp3) is 0.750. The zero-order chi connectivity index (χ0) is 16.7. The monoisotopic (exact) mass is 360 g/mol. The second-order valence-electron chi connectivity index (χ2n) is 6.30. The van der Waals surface area contributed by atoms with Crippen molar-refractivity contribution < 1.29 is 14.3 Å². The minimum atomic E-state index is -0.418. The molecule has 0 aliphatic carbocycles. The van der Waals surface area contributed by atoms with Crippen LogP contribution >= 0.6 is 12.4 Å². The van der Waals surface area contributed by atoms with Gasteiger partial charge in [-0.25, -0.2) is 0 Å². The van der Waals surface area contributed by atoms with E-state index in [4.69, 9.17) is 4.74 Å². The smallest absolute Gasteiger partial charge is 0.234 e. The molecule has 0 saturated carbocycles. The summed E-state index contributed by atoms with van der Waals surface area (Å²) in [4.78, 5) is 28.6. The van der Waals surface area contributed by atoms with Crippen LogP contribution in [0.3, 0.4) is 0 Å². The number of halogens is 1. The van der Waals surface area contributed by atoms with E-state index in [1.165, 1.54) is 0 Å². The summed E-state index contributed by atoms with van der Waals surface area (Å²) >= 11 is 0. The highest BCUT2D eigenvalue weighted by molar-refractivity contribution is 5.85. The number of amides is 2. The van der Waals surface area contributed by atoms with Gasteiger partial charge in [-0.2, -0.15) is 0 Å². The summed E-state index contributed by atoms with van der Waals surface area (Å²) in [6, 6.07) is 0. The van der Waals surface area contributed by atoms with Gasteiger partial charge >= 0.3 is 0 Å². The molecular formula is C16H29ClN4O3. The summed E-state index contributed by atoms with van der Waals surface area (Å²) in [5, 5.41) is 6.05. The van der Waals surface area contributed by atoms with Crippen molar-refractivity contribution in [3.05, 3.63) is 12.7 Å². The van der Waals surface area contributed by atoms with Crippen LogP contribution in [0.15, 0.2) is 12.7 Å². The Labute approximate surface area is 150 Å². The first kappa shape index (κ1) is 20.9. The van der Waals surface area contributed by atoms with Gasteiger partial charge in [0.05, 0.1) is 18.6 Å². The van der Waals surface area contributed by atoms with Crippen LogP contribution in [0.2, 0.25) is 0 Å². The number of carbonyl (C=O) groups is 2. The van der Waals surface area contributed by atoms with E-state index < -0.39 is 5.41 Å². The molecule has 1 unspecified atom stereocenters. The third kappa shape index (κ3) is 5.17. The number of hydrogen-bond acceptors (Lipinski definition) is 5. The third-order valence-corrected chi connectivity index (χ3v) is 4.59. The predicted molar refractivity (Wildman–Crippen MR) is 95.3 cm³/mol. The van der Waals surface area contributed by atoms with Crippen molar-refractivity contribution in [1.29, 1.82) is 0 Å². The molecule has 0 aromatic heterocycles. The largest absolute Gasteiger partial charge is 0.384 e. The van der Waals surface area contributed by atoms with Crippen molar-refractivity contribution in [2.45, 2.75) is 6.42 Å². The molecule has 0 spiro atoms. The Hall–Kier alpha value is -1.15. The van der Waals surface area contributed by atoms with Gasteiger partial charge in [0.15, 0.2) is 0 Å². The fourth-order valence-electron chi connectivity index (χ4n) is 3.28. The first-order valence-corrected chi connectivity index (χ1v) is 8.20. The van der Waals surface area contributed by atoms with Crippen molar-refractivity contribution >= 4 is 24.2 Å². The van der Waals surface area contributed by atoms with Crippen LogP contribution in [0.5, 0.6) is 0 Å². The average Bonchev–Trinajstić information content (AvgIpc) is 3.03. The molecule has 2 N–H and O–H groups in total. The molecule has 2 aliphatic heterocycles. The van der Waals surface area contributed by atoms with Gasteiger partial charge in [-0.15, -0.1) is 19.0 Å². The van der Waals surface area contributed by atoms with Gasteiger partial charge in [-0.3, -0.25) is 14.5 Å². The molecular weight excluding hydrogens is 332 g/mol. The molecule has 0 bridgehead atoms. The SMILES string of the molecule is C=CCNC(=O)CN1CCN(C(=O)C2(COC)CCNC2)CC1.Cl. The van der Waals surface area contributed by atoms with E-state index in [0.717, 1.165) is 26.1 Å². The molecule has 2 saturated heterocycles. The van der Waals surface area contributed by atoms with Crippen molar-refractivity contribution in [2.75, 3.05) is 66.1 Å². The lowest BCUT2D eigenvalue weighted by Crippen LogP contribution is -2.56. The van der Waals surface area contributed by atoms with E-state index in [0.29, 0.717) is 39.3 Å². The quantitative estimate of drug-likeness (QED) is 0.598. The fourth-order valence-corrected chi connectivity index (χ4v) is 3.28. The molecule has 24 heavy (non-hydrogen) atoms. The van der Waals surface area contributed by atoms with Crippen LogP contribution in [0.1, 0.15) is 6.42 Å². The standard InChI is InChI=1S/C16H28N4O3.ClH/c1-3-5-18-14(21)11-19-7-9-20(10-8-19)15(22)16(13-23-2)4-6-17-12-16;/h3,17H,1,4-13H2,2H3,(H,18,21);1H. The van der Waals surface area contributed by atoms with E-state index in [9.17, 15) is 9.59 Å². The van der Waals surface area contributed by atoms with Gasteiger partial charge < -0.3 is 20.3 Å². The predicted octanol–water partition coefficient (Wildman–Crippen LogP) is -0.519. The van der Waals surface area contributed by atoms with E-state index in [1.54, 1.807) is 13.2 Å². The molecule has 2 heterocycles. The van der Waals surface area contributed by atoms with E-state index in [2.05, 4.69) is 22.1 Å². The second kappa shape index (κ2) is 9.98. The Morgan fingerprint density at radius 1 is 1.33 bits per heavy atom. The summed E-state index contributed by atoms with van der Waals surface area (Å²) in [6.07, 6.45) is 2.49. The van der Waals surface area contributed by atoms with Crippen LogP contribution in [-0.4, -0.2) is 87.7 Å². The molecule has 0 radical (unpaired) electrons. The Morgan fingerprint density at radius 3 is 2.58 bits per heavy atom. The van der Waals surface area contributed by atoms with Gasteiger partial charge in [0, 0.05) is 46.4 Å². The molecule has 0 aromatic rings.